The zero-order chi connectivity index (χ0) is 9.26. The summed E-state index contributed by atoms with van der Waals surface area (Å²) in [5, 5.41) is 3.75. The number of nitrogens with one attached hydrogen (secondary N) is 1. The lowest BCUT2D eigenvalue weighted by Gasteiger charge is -2.33. The van der Waals surface area contributed by atoms with Crippen LogP contribution in [0.15, 0.2) is 0 Å². The number of rotatable bonds is 3. The van der Waals surface area contributed by atoms with E-state index in [0.29, 0.717) is 0 Å². The smallest absolute Gasteiger partial charge is 0.00930 e. The van der Waals surface area contributed by atoms with Crippen LogP contribution in [0.3, 0.4) is 0 Å². The monoisotopic (exact) mass is 181 g/mol. The van der Waals surface area contributed by atoms with Crippen molar-refractivity contribution >= 4 is 0 Å². The van der Waals surface area contributed by atoms with Crippen LogP contribution >= 0.6 is 0 Å². The zero-order valence-electron chi connectivity index (χ0n) is 9.05. The van der Waals surface area contributed by atoms with Gasteiger partial charge in [0.05, 0.1) is 0 Å². The molecular weight excluding hydrogens is 158 g/mol. The molecule has 0 aliphatic heterocycles. The average Bonchev–Trinajstić information content (AvgIpc) is 2.86. The van der Waals surface area contributed by atoms with Crippen LogP contribution in [0.4, 0.5) is 0 Å². The van der Waals surface area contributed by atoms with E-state index in [1.165, 1.54) is 38.6 Å². The van der Waals surface area contributed by atoms with Crippen molar-refractivity contribution in [1.29, 1.82) is 0 Å². The first-order valence-corrected chi connectivity index (χ1v) is 5.99. The Kier molecular flexibility index (Phi) is 2.92. The molecule has 0 heterocycles. The molecule has 0 aromatic heterocycles. The summed E-state index contributed by atoms with van der Waals surface area (Å²) >= 11 is 0. The van der Waals surface area contributed by atoms with Gasteiger partial charge in [-0.3, -0.25) is 0 Å². The first kappa shape index (κ1) is 9.51. The molecule has 0 aromatic rings. The van der Waals surface area contributed by atoms with E-state index >= 15 is 0 Å². The van der Waals surface area contributed by atoms with Crippen LogP contribution in [0.1, 0.15) is 46.0 Å². The maximum Gasteiger partial charge on any atom is 0.00930 e. The zero-order valence-corrected chi connectivity index (χ0v) is 9.05. The first-order chi connectivity index (χ1) is 6.25. The van der Waals surface area contributed by atoms with Crippen molar-refractivity contribution in [2.75, 3.05) is 6.54 Å². The highest BCUT2D eigenvalue weighted by molar-refractivity contribution is 4.84. The molecule has 1 N–H and O–H groups in total. The average molecular weight is 181 g/mol. The lowest BCUT2D eigenvalue weighted by atomic mass is 9.80. The molecule has 2 aliphatic carbocycles. The molecule has 2 rings (SSSR count). The highest BCUT2D eigenvalue weighted by Gasteiger charge is 2.27. The van der Waals surface area contributed by atoms with E-state index in [1.807, 2.05) is 0 Å². The third-order valence-corrected chi connectivity index (χ3v) is 3.80. The van der Waals surface area contributed by atoms with Gasteiger partial charge in [-0.1, -0.05) is 13.8 Å². The Bertz CT molecular complexity index is 163. The molecule has 3 unspecified atom stereocenters. The lowest BCUT2D eigenvalue weighted by Crippen LogP contribution is -2.39. The summed E-state index contributed by atoms with van der Waals surface area (Å²) in [6.07, 6.45) is 7.24. The summed E-state index contributed by atoms with van der Waals surface area (Å²) in [5.41, 5.74) is 0. The van der Waals surface area contributed by atoms with Crippen LogP contribution in [0.2, 0.25) is 0 Å². The van der Waals surface area contributed by atoms with Crippen molar-refractivity contribution in [3.05, 3.63) is 0 Å². The highest BCUT2D eigenvalue weighted by atomic mass is 14.9. The second-order valence-electron chi connectivity index (χ2n) is 5.35. The summed E-state index contributed by atoms with van der Waals surface area (Å²) in [6, 6.07) is 0.830. The molecule has 0 bridgehead atoms. The molecule has 0 aromatic carbocycles. The molecule has 0 radical (unpaired) electrons. The largest absolute Gasteiger partial charge is 0.313 e. The maximum absolute atomic E-state index is 3.75. The van der Waals surface area contributed by atoms with Crippen molar-refractivity contribution in [2.24, 2.45) is 17.8 Å². The van der Waals surface area contributed by atoms with Crippen LogP contribution in [-0.4, -0.2) is 12.6 Å². The molecule has 2 aliphatic rings. The van der Waals surface area contributed by atoms with Gasteiger partial charge in [-0.25, -0.2) is 0 Å². The quantitative estimate of drug-likeness (QED) is 0.706. The third-order valence-electron chi connectivity index (χ3n) is 3.80. The second kappa shape index (κ2) is 4.00. The van der Waals surface area contributed by atoms with Crippen molar-refractivity contribution < 1.29 is 0 Å². The van der Waals surface area contributed by atoms with Gasteiger partial charge in [0.2, 0.25) is 0 Å². The minimum atomic E-state index is 0.830. The van der Waals surface area contributed by atoms with E-state index in [1.54, 1.807) is 0 Å². The molecule has 13 heavy (non-hydrogen) atoms. The van der Waals surface area contributed by atoms with Crippen LogP contribution in [0.25, 0.3) is 0 Å². The van der Waals surface area contributed by atoms with Crippen LogP contribution in [-0.2, 0) is 0 Å². The molecule has 0 amide bonds. The van der Waals surface area contributed by atoms with Gasteiger partial charge in [0.15, 0.2) is 0 Å². The van der Waals surface area contributed by atoms with Crippen LogP contribution in [0, 0.1) is 17.8 Å². The van der Waals surface area contributed by atoms with E-state index in [9.17, 15) is 0 Å². The Morgan fingerprint density at radius 2 is 1.85 bits per heavy atom. The van der Waals surface area contributed by atoms with Crippen molar-refractivity contribution in [1.82, 2.24) is 5.32 Å². The second-order valence-corrected chi connectivity index (χ2v) is 5.35. The summed E-state index contributed by atoms with van der Waals surface area (Å²) < 4.78 is 0. The fourth-order valence-corrected chi connectivity index (χ4v) is 2.61. The van der Waals surface area contributed by atoms with Gasteiger partial charge in [0, 0.05) is 6.04 Å². The number of hydrogen-bond donors (Lipinski definition) is 1. The van der Waals surface area contributed by atoms with Crippen molar-refractivity contribution in [2.45, 2.75) is 52.0 Å². The molecule has 76 valence electrons. The Morgan fingerprint density at radius 3 is 2.46 bits per heavy atom. The molecule has 1 heteroatoms. The third kappa shape index (κ3) is 2.70. The summed E-state index contributed by atoms with van der Waals surface area (Å²) in [4.78, 5) is 0. The highest BCUT2D eigenvalue weighted by Crippen LogP contribution is 2.31. The van der Waals surface area contributed by atoms with Gasteiger partial charge in [-0.05, 0) is 56.4 Å². The van der Waals surface area contributed by atoms with Gasteiger partial charge in [0.1, 0.15) is 0 Å². The molecule has 0 spiro atoms. The lowest BCUT2D eigenvalue weighted by molar-refractivity contribution is 0.227. The summed E-state index contributed by atoms with van der Waals surface area (Å²) in [7, 11) is 0. The van der Waals surface area contributed by atoms with E-state index in [-0.39, 0.29) is 0 Å². The van der Waals surface area contributed by atoms with E-state index in [0.717, 1.165) is 23.8 Å². The van der Waals surface area contributed by atoms with Gasteiger partial charge in [-0.15, -0.1) is 0 Å². The van der Waals surface area contributed by atoms with Gasteiger partial charge in [0.25, 0.3) is 0 Å². The Morgan fingerprint density at radius 1 is 1.08 bits per heavy atom. The van der Waals surface area contributed by atoms with E-state index in [2.05, 4.69) is 19.2 Å². The van der Waals surface area contributed by atoms with E-state index in [4.69, 9.17) is 0 Å². The van der Waals surface area contributed by atoms with Gasteiger partial charge >= 0.3 is 0 Å². The molecule has 3 atom stereocenters. The normalized spacial score (nSPS) is 40.6. The molecule has 2 fully saturated rings. The van der Waals surface area contributed by atoms with Crippen LogP contribution in [0.5, 0.6) is 0 Å². The Balaban J connectivity index is 1.71. The molecule has 1 nitrogen and oxygen atoms in total. The Hall–Kier alpha value is -0.0400. The topological polar surface area (TPSA) is 12.0 Å². The standard InChI is InChI=1S/C12H23N/c1-9-3-6-12(10(2)7-9)13-8-11-4-5-11/h9-13H,3-8H2,1-2H3. The van der Waals surface area contributed by atoms with Crippen molar-refractivity contribution in [3.8, 4) is 0 Å². The van der Waals surface area contributed by atoms with Crippen LogP contribution < -0.4 is 5.32 Å². The Labute approximate surface area is 82.3 Å². The predicted octanol–water partition coefficient (Wildman–Crippen LogP) is 2.81. The minimum absolute atomic E-state index is 0.830. The molecule has 2 saturated carbocycles. The summed E-state index contributed by atoms with van der Waals surface area (Å²) in [5.74, 6) is 2.91. The SMILES string of the molecule is CC1CCC(NCC2CC2)C(C)C1. The predicted molar refractivity (Wildman–Crippen MR) is 56.7 cm³/mol. The van der Waals surface area contributed by atoms with Crippen molar-refractivity contribution in [3.63, 3.8) is 0 Å². The van der Waals surface area contributed by atoms with E-state index < -0.39 is 0 Å². The molecule has 0 saturated heterocycles. The fourth-order valence-electron chi connectivity index (χ4n) is 2.61. The van der Waals surface area contributed by atoms with Gasteiger partial charge < -0.3 is 5.32 Å². The summed E-state index contributed by atoms with van der Waals surface area (Å²) in [6.45, 7) is 6.11. The maximum atomic E-state index is 3.75. The first-order valence-electron chi connectivity index (χ1n) is 5.99. The fraction of sp³-hybridized carbons (Fsp3) is 1.00. The minimum Gasteiger partial charge on any atom is -0.313 e. The van der Waals surface area contributed by atoms with Gasteiger partial charge in [-0.2, -0.15) is 0 Å². The molecular formula is C12H23N. The number of hydrogen-bond acceptors (Lipinski definition) is 1.